The highest BCUT2D eigenvalue weighted by Crippen LogP contribution is 2.31. The summed E-state index contributed by atoms with van der Waals surface area (Å²) in [4.78, 5) is 0. The molecule has 0 spiro atoms. The van der Waals surface area contributed by atoms with Crippen LogP contribution < -0.4 is 11.3 Å². The van der Waals surface area contributed by atoms with Crippen LogP contribution in [0, 0.1) is 0 Å². The van der Waals surface area contributed by atoms with Crippen molar-refractivity contribution in [3.05, 3.63) is 0 Å². The van der Waals surface area contributed by atoms with Crippen molar-refractivity contribution in [1.82, 2.24) is 5.43 Å². The average molecular weight is 244 g/mol. The van der Waals surface area contributed by atoms with Crippen LogP contribution in [0.1, 0.15) is 52.9 Å². The first-order valence-electron chi connectivity index (χ1n) is 6.59. The molecule has 2 unspecified atom stereocenters. The molecule has 4 heteroatoms. The van der Waals surface area contributed by atoms with E-state index in [9.17, 15) is 0 Å². The summed E-state index contributed by atoms with van der Waals surface area (Å²) >= 11 is 0. The minimum atomic E-state index is -0.128. The van der Waals surface area contributed by atoms with E-state index in [4.69, 9.17) is 15.3 Å². The molecule has 0 saturated carbocycles. The molecule has 0 aromatic rings. The van der Waals surface area contributed by atoms with Crippen LogP contribution in [-0.2, 0) is 9.47 Å². The molecule has 0 radical (unpaired) electrons. The molecule has 2 atom stereocenters. The van der Waals surface area contributed by atoms with E-state index in [-0.39, 0.29) is 17.2 Å². The number of methoxy groups -OCH3 is 1. The van der Waals surface area contributed by atoms with Gasteiger partial charge in [-0.1, -0.05) is 0 Å². The molecule has 0 amide bonds. The molecular formula is C13H28N2O2. The standard InChI is InChI=1S/C13H28N2O2/c1-12(2,16-4)9-7-11(15-14)13(3)8-5-6-10-17-13/h11,15H,5-10,14H2,1-4H3. The fraction of sp³-hybridized carbons (Fsp3) is 1.00. The molecule has 4 nitrogen and oxygen atoms in total. The number of nitrogens with two attached hydrogens (primary N) is 1. The van der Waals surface area contributed by atoms with E-state index >= 15 is 0 Å². The predicted molar refractivity (Wildman–Crippen MR) is 69.6 cm³/mol. The zero-order valence-electron chi connectivity index (χ0n) is 11.7. The van der Waals surface area contributed by atoms with Gasteiger partial charge in [0.2, 0.25) is 0 Å². The van der Waals surface area contributed by atoms with Gasteiger partial charge in [-0.25, -0.2) is 0 Å². The quantitative estimate of drug-likeness (QED) is 0.554. The Kier molecular flexibility index (Phi) is 5.38. The molecule has 0 aromatic carbocycles. The second kappa shape index (κ2) is 6.14. The van der Waals surface area contributed by atoms with Crippen molar-refractivity contribution < 1.29 is 9.47 Å². The van der Waals surface area contributed by atoms with E-state index in [1.54, 1.807) is 7.11 Å². The zero-order chi connectivity index (χ0) is 12.9. The van der Waals surface area contributed by atoms with Gasteiger partial charge < -0.3 is 9.47 Å². The van der Waals surface area contributed by atoms with Gasteiger partial charge in [0.05, 0.1) is 11.2 Å². The molecule has 0 bridgehead atoms. The lowest BCUT2D eigenvalue weighted by molar-refractivity contribution is -0.0944. The number of nitrogens with one attached hydrogen (secondary N) is 1. The van der Waals surface area contributed by atoms with E-state index in [0.29, 0.717) is 0 Å². The Hall–Kier alpha value is -0.160. The van der Waals surface area contributed by atoms with Crippen molar-refractivity contribution in [2.75, 3.05) is 13.7 Å². The van der Waals surface area contributed by atoms with E-state index in [2.05, 4.69) is 26.2 Å². The van der Waals surface area contributed by atoms with Gasteiger partial charge in [-0.2, -0.15) is 0 Å². The Labute approximate surface area is 105 Å². The second-order valence-electron chi connectivity index (χ2n) is 5.84. The summed E-state index contributed by atoms with van der Waals surface area (Å²) in [6.07, 6.45) is 5.40. The van der Waals surface area contributed by atoms with Gasteiger partial charge in [0.15, 0.2) is 0 Å². The lowest BCUT2D eigenvalue weighted by Gasteiger charge is -2.41. The molecular weight excluding hydrogens is 216 g/mol. The fourth-order valence-corrected chi connectivity index (χ4v) is 2.39. The van der Waals surface area contributed by atoms with Gasteiger partial charge >= 0.3 is 0 Å². The van der Waals surface area contributed by atoms with E-state index in [1.807, 2.05) is 0 Å². The minimum Gasteiger partial charge on any atom is -0.379 e. The maximum atomic E-state index is 5.93. The van der Waals surface area contributed by atoms with Crippen molar-refractivity contribution in [2.45, 2.75) is 70.1 Å². The molecule has 1 heterocycles. The van der Waals surface area contributed by atoms with Gasteiger partial charge in [0.25, 0.3) is 0 Å². The average Bonchev–Trinajstić information content (AvgIpc) is 2.30. The Balaban J connectivity index is 2.52. The number of rotatable bonds is 6. The van der Waals surface area contributed by atoms with Crippen LogP contribution in [-0.4, -0.2) is 31.0 Å². The molecule has 0 aromatic heterocycles. The molecule has 0 aliphatic carbocycles. The summed E-state index contributed by atoms with van der Waals surface area (Å²) in [6.45, 7) is 7.22. The SMILES string of the molecule is COC(C)(C)CCC(NN)C1(C)CCCCO1. The van der Waals surface area contributed by atoms with Crippen LogP contribution in [0.3, 0.4) is 0 Å². The predicted octanol–water partition coefficient (Wildman–Crippen LogP) is 1.98. The first kappa shape index (κ1) is 14.9. The van der Waals surface area contributed by atoms with Crippen molar-refractivity contribution in [3.8, 4) is 0 Å². The first-order valence-corrected chi connectivity index (χ1v) is 6.59. The Morgan fingerprint density at radius 3 is 2.65 bits per heavy atom. The first-order chi connectivity index (χ1) is 7.93. The van der Waals surface area contributed by atoms with E-state index in [1.165, 1.54) is 6.42 Å². The van der Waals surface area contributed by atoms with Crippen LogP contribution in [0.2, 0.25) is 0 Å². The Bertz CT molecular complexity index is 225. The zero-order valence-corrected chi connectivity index (χ0v) is 11.7. The smallest absolute Gasteiger partial charge is 0.0820 e. The Morgan fingerprint density at radius 1 is 1.47 bits per heavy atom. The monoisotopic (exact) mass is 244 g/mol. The third-order valence-corrected chi connectivity index (χ3v) is 4.03. The highest BCUT2D eigenvalue weighted by Gasteiger charge is 2.36. The molecule has 1 saturated heterocycles. The molecule has 1 fully saturated rings. The van der Waals surface area contributed by atoms with E-state index in [0.717, 1.165) is 32.3 Å². The fourth-order valence-electron chi connectivity index (χ4n) is 2.39. The van der Waals surface area contributed by atoms with Crippen LogP contribution in [0.15, 0.2) is 0 Å². The van der Waals surface area contributed by atoms with Gasteiger partial charge in [0, 0.05) is 19.8 Å². The van der Waals surface area contributed by atoms with Crippen molar-refractivity contribution in [3.63, 3.8) is 0 Å². The van der Waals surface area contributed by atoms with Gasteiger partial charge in [-0.05, 0) is 52.9 Å². The van der Waals surface area contributed by atoms with Crippen LogP contribution in [0.25, 0.3) is 0 Å². The molecule has 17 heavy (non-hydrogen) atoms. The molecule has 1 rings (SSSR count). The molecule has 1 aliphatic heterocycles. The summed E-state index contributed by atoms with van der Waals surface area (Å²) in [5.41, 5.74) is 2.70. The number of hydrogen-bond acceptors (Lipinski definition) is 4. The molecule has 102 valence electrons. The summed E-state index contributed by atoms with van der Waals surface area (Å²) < 4.78 is 11.4. The summed E-state index contributed by atoms with van der Waals surface area (Å²) in [6, 6.07) is 0.192. The van der Waals surface area contributed by atoms with Gasteiger partial charge in [0.1, 0.15) is 0 Å². The highest BCUT2D eigenvalue weighted by molar-refractivity contribution is 4.91. The normalized spacial score (nSPS) is 28.1. The summed E-state index contributed by atoms with van der Waals surface area (Å²) in [7, 11) is 1.75. The third-order valence-electron chi connectivity index (χ3n) is 4.03. The van der Waals surface area contributed by atoms with Crippen molar-refractivity contribution in [2.24, 2.45) is 5.84 Å². The third kappa shape index (κ3) is 4.21. The summed E-state index contributed by atoms with van der Waals surface area (Å²) in [5, 5.41) is 0. The van der Waals surface area contributed by atoms with Crippen LogP contribution >= 0.6 is 0 Å². The van der Waals surface area contributed by atoms with Crippen LogP contribution in [0.4, 0.5) is 0 Å². The molecule has 3 N–H and O–H groups in total. The minimum absolute atomic E-state index is 0.0971. The maximum Gasteiger partial charge on any atom is 0.0820 e. The van der Waals surface area contributed by atoms with E-state index < -0.39 is 0 Å². The van der Waals surface area contributed by atoms with Crippen LogP contribution in [0.5, 0.6) is 0 Å². The lowest BCUT2D eigenvalue weighted by atomic mass is 9.84. The maximum absolute atomic E-state index is 5.93. The number of hydrogen-bond donors (Lipinski definition) is 2. The largest absolute Gasteiger partial charge is 0.379 e. The second-order valence-corrected chi connectivity index (χ2v) is 5.84. The van der Waals surface area contributed by atoms with Gasteiger partial charge in [-0.15, -0.1) is 0 Å². The number of ether oxygens (including phenoxy) is 2. The van der Waals surface area contributed by atoms with Crippen molar-refractivity contribution in [1.29, 1.82) is 0 Å². The highest BCUT2D eigenvalue weighted by atomic mass is 16.5. The van der Waals surface area contributed by atoms with Crippen molar-refractivity contribution >= 4 is 0 Å². The topological polar surface area (TPSA) is 56.5 Å². The van der Waals surface area contributed by atoms with Gasteiger partial charge in [-0.3, -0.25) is 11.3 Å². The lowest BCUT2D eigenvalue weighted by Crippen LogP contribution is -2.55. The Morgan fingerprint density at radius 2 is 2.18 bits per heavy atom. The number of hydrazine groups is 1. The summed E-state index contributed by atoms with van der Waals surface area (Å²) in [5.74, 6) is 5.69. The molecule has 1 aliphatic rings.